The minimum atomic E-state index is -0.252. The van der Waals surface area contributed by atoms with Crippen molar-refractivity contribution < 1.29 is 4.42 Å². The fourth-order valence-electron chi connectivity index (χ4n) is 9.23. The van der Waals surface area contributed by atoms with E-state index >= 15 is 0 Å². The summed E-state index contributed by atoms with van der Waals surface area (Å²) in [7, 11) is 0. The van der Waals surface area contributed by atoms with E-state index in [0.717, 1.165) is 33.3 Å². The number of para-hydroxylation sites is 4. The predicted octanol–water partition coefficient (Wildman–Crippen LogP) is 9.97. The number of hydrogen-bond acceptors (Lipinski definition) is 3. The lowest BCUT2D eigenvalue weighted by atomic mass is 9.33. The molecule has 0 bridgehead atoms. The number of anilines is 6. The Balaban J connectivity index is 1.30. The molecule has 0 unspecified atom stereocenters. The van der Waals surface area contributed by atoms with Gasteiger partial charge in [0.25, 0.3) is 6.71 Å². The summed E-state index contributed by atoms with van der Waals surface area (Å²) >= 11 is 0. The molecule has 1 aromatic heterocycles. The molecule has 3 aliphatic rings. The Bertz CT molecular complexity index is 2670. The highest BCUT2D eigenvalue weighted by Gasteiger charge is 2.46. The van der Waals surface area contributed by atoms with Gasteiger partial charge in [0.05, 0.1) is 5.69 Å². The molecule has 3 nitrogen and oxygen atoms in total. The van der Waals surface area contributed by atoms with E-state index in [0.29, 0.717) is 0 Å². The maximum absolute atomic E-state index is 6.98. The molecule has 11 rings (SSSR count). The van der Waals surface area contributed by atoms with Gasteiger partial charge in [0.2, 0.25) is 0 Å². The van der Waals surface area contributed by atoms with Gasteiger partial charge in [0, 0.05) is 44.6 Å². The lowest BCUT2D eigenvalue weighted by Gasteiger charge is -2.44. The molecule has 0 saturated heterocycles. The van der Waals surface area contributed by atoms with Crippen LogP contribution in [0.4, 0.5) is 34.1 Å². The molecule has 0 N–H and O–H groups in total. The van der Waals surface area contributed by atoms with E-state index in [1.54, 1.807) is 0 Å². The fraction of sp³-hybridized carbons (Fsp3) is 0.0667. The number of furan rings is 1. The molecule has 2 aliphatic heterocycles. The molecule has 1 aliphatic carbocycles. The van der Waals surface area contributed by atoms with Crippen molar-refractivity contribution in [3.05, 3.63) is 163 Å². The molecular weight excluding hydrogens is 595 g/mol. The van der Waals surface area contributed by atoms with Crippen LogP contribution in [0, 0.1) is 0 Å². The molecular formula is C45H31BN2O. The third-order valence-electron chi connectivity index (χ3n) is 11.2. The first kappa shape index (κ1) is 27.0. The van der Waals surface area contributed by atoms with Crippen molar-refractivity contribution in [3.8, 4) is 11.1 Å². The Hall–Kier alpha value is -6.00. The largest absolute Gasteiger partial charge is 0.454 e. The fourth-order valence-corrected chi connectivity index (χ4v) is 9.23. The molecule has 4 heteroatoms. The van der Waals surface area contributed by atoms with Crippen LogP contribution < -0.4 is 26.2 Å². The molecule has 49 heavy (non-hydrogen) atoms. The monoisotopic (exact) mass is 626 g/mol. The van der Waals surface area contributed by atoms with Crippen LogP contribution in [0.3, 0.4) is 0 Å². The van der Waals surface area contributed by atoms with Crippen molar-refractivity contribution >= 4 is 79.2 Å². The Morgan fingerprint density at radius 3 is 1.94 bits per heavy atom. The van der Waals surface area contributed by atoms with Crippen molar-refractivity contribution in [1.82, 2.24) is 0 Å². The van der Waals surface area contributed by atoms with Crippen LogP contribution in [0.5, 0.6) is 0 Å². The van der Waals surface area contributed by atoms with Gasteiger partial charge in [-0.3, -0.25) is 0 Å². The second-order valence-corrected chi connectivity index (χ2v) is 14.1. The molecule has 3 heterocycles. The SMILES string of the molecule is CC1(C)c2ccccc2-c2cc3c(oc4ccccc43)c(N3c4ccccc4B4c5ccccc5N(c5ccccc5)c5cccc3c54)c21. The van der Waals surface area contributed by atoms with Gasteiger partial charge in [-0.15, -0.1) is 0 Å². The lowest BCUT2D eigenvalue weighted by Crippen LogP contribution is -2.61. The Kier molecular flexibility index (Phi) is 5.26. The van der Waals surface area contributed by atoms with E-state index in [1.165, 1.54) is 61.4 Å². The number of rotatable bonds is 2. The lowest BCUT2D eigenvalue weighted by molar-refractivity contribution is 0.648. The second kappa shape index (κ2) is 9.55. The van der Waals surface area contributed by atoms with E-state index in [9.17, 15) is 0 Å². The van der Waals surface area contributed by atoms with Crippen LogP contribution in [0.2, 0.25) is 0 Å². The topological polar surface area (TPSA) is 19.6 Å². The highest BCUT2D eigenvalue weighted by molar-refractivity contribution is 7.00. The van der Waals surface area contributed by atoms with Crippen LogP contribution in [0.25, 0.3) is 33.1 Å². The minimum Gasteiger partial charge on any atom is -0.454 e. The summed E-state index contributed by atoms with van der Waals surface area (Å²) in [6.45, 7) is 4.84. The smallest absolute Gasteiger partial charge is 0.252 e. The van der Waals surface area contributed by atoms with E-state index in [-0.39, 0.29) is 12.1 Å². The zero-order valence-corrected chi connectivity index (χ0v) is 27.3. The number of benzene rings is 7. The maximum Gasteiger partial charge on any atom is 0.252 e. The van der Waals surface area contributed by atoms with Gasteiger partial charge in [-0.05, 0) is 87.2 Å². The summed E-state index contributed by atoms with van der Waals surface area (Å²) in [5.74, 6) is 0. The molecule has 230 valence electrons. The quantitative estimate of drug-likeness (QED) is 0.178. The zero-order chi connectivity index (χ0) is 32.4. The van der Waals surface area contributed by atoms with Crippen LogP contribution in [-0.2, 0) is 5.41 Å². The van der Waals surface area contributed by atoms with E-state index in [4.69, 9.17) is 4.42 Å². The number of nitrogens with zero attached hydrogens (tertiary/aromatic N) is 2. The van der Waals surface area contributed by atoms with E-state index < -0.39 is 0 Å². The number of fused-ring (bicyclic) bond motifs is 10. The Labute approximate surface area is 285 Å². The average molecular weight is 627 g/mol. The first-order valence-corrected chi connectivity index (χ1v) is 17.2. The summed E-state index contributed by atoms with van der Waals surface area (Å²) in [6, 6.07) is 55.4. The third kappa shape index (κ3) is 3.43. The zero-order valence-electron chi connectivity index (χ0n) is 27.3. The van der Waals surface area contributed by atoms with Crippen molar-refractivity contribution in [2.75, 3.05) is 9.80 Å². The summed E-state index contributed by atoms with van der Waals surface area (Å²) in [4.78, 5) is 4.99. The summed E-state index contributed by atoms with van der Waals surface area (Å²) in [5, 5.41) is 2.30. The standard InChI is InChI=1S/C45H31BN2O/c1-45(2)33-19-8-6-17-29(33)31-27-32-30-18-7-13-26-40(30)49-44(32)43(41(31)45)48-37-23-12-10-21-35(37)46-34-20-9-11-22-36(34)47(28-15-4-3-5-16-28)38-24-14-25-39(48)42(38)46/h3-27H,1-2H3. The van der Waals surface area contributed by atoms with E-state index in [1.807, 2.05) is 0 Å². The summed E-state index contributed by atoms with van der Waals surface area (Å²) in [5.41, 5.74) is 17.9. The van der Waals surface area contributed by atoms with Crippen molar-refractivity contribution in [3.63, 3.8) is 0 Å². The van der Waals surface area contributed by atoms with Gasteiger partial charge < -0.3 is 14.2 Å². The van der Waals surface area contributed by atoms with Gasteiger partial charge in [0.15, 0.2) is 5.58 Å². The predicted molar refractivity (Wildman–Crippen MR) is 205 cm³/mol. The van der Waals surface area contributed by atoms with Gasteiger partial charge in [-0.2, -0.15) is 0 Å². The van der Waals surface area contributed by atoms with Crippen LogP contribution in [0.1, 0.15) is 25.0 Å². The molecule has 0 spiro atoms. The highest BCUT2D eigenvalue weighted by Crippen LogP contribution is 2.58. The van der Waals surface area contributed by atoms with Gasteiger partial charge in [-0.1, -0.05) is 117 Å². The van der Waals surface area contributed by atoms with Gasteiger partial charge >= 0.3 is 0 Å². The summed E-state index contributed by atoms with van der Waals surface area (Å²) < 4.78 is 6.98. The molecule has 0 saturated carbocycles. The molecule has 0 amide bonds. The van der Waals surface area contributed by atoms with E-state index in [2.05, 4.69) is 175 Å². The van der Waals surface area contributed by atoms with Gasteiger partial charge in [-0.25, -0.2) is 0 Å². The average Bonchev–Trinajstić information content (AvgIpc) is 3.63. The maximum atomic E-state index is 6.98. The van der Waals surface area contributed by atoms with Crippen LogP contribution in [0.15, 0.2) is 156 Å². The van der Waals surface area contributed by atoms with Crippen molar-refractivity contribution in [2.45, 2.75) is 19.3 Å². The Morgan fingerprint density at radius 1 is 0.531 bits per heavy atom. The minimum absolute atomic E-state index is 0.0861. The van der Waals surface area contributed by atoms with Crippen LogP contribution in [-0.4, -0.2) is 6.71 Å². The molecule has 7 aromatic carbocycles. The highest BCUT2D eigenvalue weighted by atomic mass is 16.3. The summed E-state index contributed by atoms with van der Waals surface area (Å²) in [6.07, 6.45) is 0. The second-order valence-electron chi connectivity index (χ2n) is 14.1. The van der Waals surface area contributed by atoms with Crippen LogP contribution >= 0.6 is 0 Å². The Morgan fingerprint density at radius 2 is 1.14 bits per heavy atom. The van der Waals surface area contributed by atoms with Crippen molar-refractivity contribution in [2.24, 2.45) is 0 Å². The molecule has 0 fully saturated rings. The first-order valence-electron chi connectivity index (χ1n) is 17.2. The van der Waals surface area contributed by atoms with Gasteiger partial charge in [0.1, 0.15) is 5.58 Å². The number of hydrogen-bond donors (Lipinski definition) is 0. The first-order chi connectivity index (χ1) is 24.1. The normalized spacial score (nSPS) is 14.8. The molecule has 0 radical (unpaired) electrons. The molecule has 0 atom stereocenters. The van der Waals surface area contributed by atoms with Crippen molar-refractivity contribution in [1.29, 1.82) is 0 Å². The third-order valence-corrected chi connectivity index (χ3v) is 11.2. The molecule has 8 aromatic rings.